The number of aromatic amines is 1. The molecule has 8 heteroatoms. The third kappa shape index (κ3) is 2.11. The molecule has 0 bridgehead atoms. The number of nitrogens with zero attached hydrogens (tertiary/aromatic N) is 1. The normalized spacial score (nSPS) is 10.5. The molecule has 2 rings (SSSR count). The van der Waals surface area contributed by atoms with E-state index in [0.717, 1.165) is 12.3 Å². The van der Waals surface area contributed by atoms with Crippen LogP contribution in [0.25, 0.3) is 10.9 Å². The van der Waals surface area contributed by atoms with Gasteiger partial charge >= 0.3 is 11.7 Å². The van der Waals surface area contributed by atoms with Crippen molar-refractivity contribution in [2.75, 3.05) is 6.61 Å². The molecule has 20 heavy (non-hydrogen) atoms. The van der Waals surface area contributed by atoms with Gasteiger partial charge in [-0.1, -0.05) is 0 Å². The molecule has 0 saturated heterocycles. The molecule has 1 aromatic carbocycles. The van der Waals surface area contributed by atoms with E-state index in [2.05, 4.69) is 9.72 Å². The van der Waals surface area contributed by atoms with Crippen molar-refractivity contribution in [3.63, 3.8) is 0 Å². The Hall–Kier alpha value is -2.77. The number of benzene rings is 1. The molecule has 1 heterocycles. The molecular weight excluding hydrogens is 271 g/mol. The zero-order chi connectivity index (χ0) is 14.9. The summed E-state index contributed by atoms with van der Waals surface area (Å²) in [6.45, 7) is 1.59. The largest absolute Gasteiger partial charge is 0.462 e. The van der Waals surface area contributed by atoms with Gasteiger partial charge in [0.05, 0.1) is 17.0 Å². The highest BCUT2D eigenvalue weighted by Crippen LogP contribution is 2.25. The van der Waals surface area contributed by atoms with E-state index in [4.69, 9.17) is 0 Å². The number of aromatic nitrogens is 1. The number of fused-ring (bicyclic) bond motifs is 1. The number of nitro groups is 1. The van der Waals surface area contributed by atoms with Crippen LogP contribution in [0.1, 0.15) is 17.3 Å². The van der Waals surface area contributed by atoms with Gasteiger partial charge < -0.3 is 9.72 Å². The molecule has 0 fully saturated rings. The number of pyridine rings is 1. The molecule has 7 nitrogen and oxygen atoms in total. The number of hydrogen-bond donors (Lipinski definition) is 1. The summed E-state index contributed by atoms with van der Waals surface area (Å²) in [5.74, 6) is -2.07. The van der Waals surface area contributed by atoms with E-state index in [-0.39, 0.29) is 12.1 Å². The van der Waals surface area contributed by atoms with E-state index < -0.39 is 38.8 Å². The van der Waals surface area contributed by atoms with Crippen LogP contribution in [0.3, 0.4) is 0 Å². The Kier molecular flexibility index (Phi) is 3.47. The third-order valence-electron chi connectivity index (χ3n) is 2.65. The van der Waals surface area contributed by atoms with Gasteiger partial charge in [0.15, 0.2) is 0 Å². The highest BCUT2D eigenvalue weighted by atomic mass is 19.1. The fourth-order valence-electron chi connectivity index (χ4n) is 1.80. The number of nitrogens with one attached hydrogen (secondary N) is 1. The van der Waals surface area contributed by atoms with Crippen molar-refractivity contribution in [1.82, 2.24) is 4.98 Å². The van der Waals surface area contributed by atoms with Gasteiger partial charge in [-0.25, -0.2) is 4.79 Å². The van der Waals surface area contributed by atoms with Gasteiger partial charge in [0, 0.05) is 6.20 Å². The Labute approximate surface area is 111 Å². The average molecular weight is 280 g/mol. The fraction of sp³-hybridized carbons (Fsp3) is 0.167. The first kappa shape index (κ1) is 13.7. The summed E-state index contributed by atoms with van der Waals surface area (Å²) in [5.41, 5.74) is -2.25. The van der Waals surface area contributed by atoms with Gasteiger partial charge in [-0.3, -0.25) is 14.9 Å². The van der Waals surface area contributed by atoms with Gasteiger partial charge in [-0.2, -0.15) is 4.39 Å². The zero-order valence-electron chi connectivity index (χ0n) is 10.3. The number of carbonyl (C=O) groups excluding carboxylic acids is 1. The first-order valence-corrected chi connectivity index (χ1v) is 5.62. The van der Waals surface area contributed by atoms with Gasteiger partial charge in [-0.05, 0) is 19.1 Å². The van der Waals surface area contributed by atoms with Gasteiger partial charge in [0.1, 0.15) is 10.9 Å². The first-order chi connectivity index (χ1) is 9.47. The molecule has 0 aliphatic heterocycles. The lowest BCUT2D eigenvalue weighted by atomic mass is 10.1. The second-order valence-electron chi connectivity index (χ2n) is 3.83. The first-order valence-electron chi connectivity index (χ1n) is 5.62. The number of esters is 1. The Balaban J connectivity index is 2.84. The lowest BCUT2D eigenvalue weighted by Gasteiger charge is -2.04. The number of nitro benzene ring substituents is 1. The molecular formula is C12H9FN2O5. The van der Waals surface area contributed by atoms with Gasteiger partial charge in [0.25, 0.3) is 0 Å². The number of ether oxygens (including phenoxy) is 1. The quantitative estimate of drug-likeness (QED) is 0.524. The Morgan fingerprint density at radius 3 is 2.80 bits per heavy atom. The number of rotatable bonds is 3. The van der Waals surface area contributed by atoms with Gasteiger partial charge in [-0.15, -0.1) is 0 Å². The smallest absolute Gasteiger partial charge is 0.343 e. The molecule has 2 aromatic rings. The van der Waals surface area contributed by atoms with Crippen LogP contribution in [0.15, 0.2) is 23.1 Å². The highest BCUT2D eigenvalue weighted by molar-refractivity contribution is 5.96. The minimum absolute atomic E-state index is 0.0432. The maximum absolute atomic E-state index is 13.5. The molecule has 0 aliphatic carbocycles. The van der Waals surface area contributed by atoms with Crippen LogP contribution in [0.5, 0.6) is 0 Å². The summed E-state index contributed by atoms with van der Waals surface area (Å²) in [4.78, 5) is 36.1. The molecule has 1 aromatic heterocycles. The molecule has 0 amide bonds. The van der Waals surface area contributed by atoms with Gasteiger partial charge in [0.2, 0.25) is 11.2 Å². The third-order valence-corrected chi connectivity index (χ3v) is 2.65. The minimum atomic E-state index is -1.14. The molecule has 0 aliphatic rings. The molecule has 0 spiro atoms. The molecule has 0 unspecified atom stereocenters. The maximum Gasteiger partial charge on any atom is 0.343 e. The van der Waals surface area contributed by atoms with Crippen molar-refractivity contribution >= 4 is 22.6 Å². The Morgan fingerprint density at radius 1 is 1.50 bits per heavy atom. The summed E-state index contributed by atoms with van der Waals surface area (Å²) in [6.07, 6.45) is 1.09. The van der Waals surface area contributed by atoms with E-state index in [1.54, 1.807) is 6.92 Å². The van der Waals surface area contributed by atoms with Crippen LogP contribution in [-0.2, 0) is 4.74 Å². The number of H-pyrrole nitrogens is 1. The molecule has 1 N–H and O–H groups in total. The highest BCUT2D eigenvalue weighted by Gasteiger charge is 2.24. The van der Waals surface area contributed by atoms with Crippen molar-refractivity contribution in [2.45, 2.75) is 6.92 Å². The molecule has 104 valence electrons. The van der Waals surface area contributed by atoms with Crippen molar-refractivity contribution in [3.05, 3.63) is 50.0 Å². The maximum atomic E-state index is 13.5. The lowest BCUT2D eigenvalue weighted by Crippen LogP contribution is -2.19. The van der Waals surface area contributed by atoms with Crippen molar-refractivity contribution in [2.24, 2.45) is 0 Å². The average Bonchev–Trinajstić information content (AvgIpc) is 2.39. The number of carbonyl (C=O) groups is 1. The SMILES string of the molecule is CCOC(=O)c1c[nH]c2ccc(F)c([N+](=O)[O-])c2c1=O. The predicted molar refractivity (Wildman–Crippen MR) is 67.1 cm³/mol. The van der Waals surface area contributed by atoms with Crippen molar-refractivity contribution < 1.29 is 18.8 Å². The summed E-state index contributed by atoms with van der Waals surface area (Å²) in [6, 6.07) is 2.06. The topological polar surface area (TPSA) is 102 Å². The van der Waals surface area contributed by atoms with Crippen LogP contribution < -0.4 is 5.43 Å². The number of hydrogen-bond acceptors (Lipinski definition) is 5. The van der Waals surface area contributed by atoms with Crippen molar-refractivity contribution in [1.29, 1.82) is 0 Å². The molecule has 0 radical (unpaired) electrons. The van der Waals surface area contributed by atoms with Crippen LogP contribution in [0.4, 0.5) is 10.1 Å². The molecule has 0 atom stereocenters. The van der Waals surface area contributed by atoms with Crippen LogP contribution in [0, 0.1) is 15.9 Å². The minimum Gasteiger partial charge on any atom is -0.462 e. The predicted octanol–water partition coefficient (Wildman–Crippen LogP) is 1.75. The summed E-state index contributed by atoms with van der Waals surface area (Å²) in [7, 11) is 0. The van der Waals surface area contributed by atoms with Crippen molar-refractivity contribution in [3.8, 4) is 0 Å². The van der Waals surface area contributed by atoms with Crippen LogP contribution >= 0.6 is 0 Å². The standard InChI is InChI=1S/C12H9FN2O5/c1-2-20-12(17)6-5-14-8-4-3-7(13)10(15(18)19)9(8)11(6)16/h3-5H,2H2,1H3,(H,14,16). The van der Waals surface area contributed by atoms with Crippen LogP contribution in [-0.4, -0.2) is 22.5 Å². The van der Waals surface area contributed by atoms with Crippen LogP contribution in [0.2, 0.25) is 0 Å². The molecule has 0 saturated carbocycles. The Morgan fingerprint density at radius 2 is 2.20 bits per heavy atom. The van der Waals surface area contributed by atoms with E-state index in [1.807, 2.05) is 0 Å². The van der Waals surface area contributed by atoms with E-state index in [1.165, 1.54) is 6.07 Å². The zero-order valence-corrected chi connectivity index (χ0v) is 10.3. The van der Waals surface area contributed by atoms with E-state index in [0.29, 0.717) is 0 Å². The van der Waals surface area contributed by atoms with E-state index >= 15 is 0 Å². The Bertz CT molecular complexity index is 768. The summed E-state index contributed by atoms with van der Waals surface area (Å²) in [5, 5.41) is 10.4. The summed E-state index contributed by atoms with van der Waals surface area (Å²) < 4.78 is 18.2. The lowest BCUT2D eigenvalue weighted by molar-refractivity contribution is -0.385. The number of halogens is 1. The fourth-order valence-corrected chi connectivity index (χ4v) is 1.80. The monoisotopic (exact) mass is 280 g/mol. The second-order valence-corrected chi connectivity index (χ2v) is 3.83. The van der Waals surface area contributed by atoms with E-state index in [9.17, 15) is 24.1 Å². The summed E-state index contributed by atoms with van der Waals surface area (Å²) >= 11 is 0. The second kappa shape index (κ2) is 5.08.